The first-order chi connectivity index (χ1) is 7.56. The molecular formula is C12H17BrClF2N. The lowest BCUT2D eigenvalue weighted by molar-refractivity contribution is 0.497. The number of benzene rings is 1. The van der Waals surface area contributed by atoms with E-state index in [4.69, 9.17) is 5.73 Å². The van der Waals surface area contributed by atoms with Crippen LogP contribution in [0.15, 0.2) is 16.6 Å². The van der Waals surface area contributed by atoms with Gasteiger partial charge in [-0.2, -0.15) is 0 Å². The fourth-order valence-electron chi connectivity index (χ4n) is 1.67. The van der Waals surface area contributed by atoms with Gasteiger partial charge >= 0.3 is 0 Å². The van der Waals surface area contributed by atoms with E-state index >= 15 is 0 Å². The molecule has 1 aromatic carbocycles. The van der Waals surface area contributed by atoms with Crippen molar-refractivity contribution in [3.8, 4) is 0 Å². The van der Waals surface area contributed by atoms with Crippen LogP contribution in [0.25, 0.3) is 0 Å². The first-order valence-corrected chi connectivity index (χ1v) is 6.25. The third-order valence-corrected chi connectivity index (χ3v) is 2.99. The summed E-state index contributed by atoms with van der Waals surface area (Å²) in [6.45, 7) is 2.08. The highest BCUT2D eigenvalue weighted by atomic mass is 79.9. The molecule has 2 N–H and O–H groups in total. The van der Waals surface area contributed by atoms with Gasteiger partial charge < -0.3 is 5.73 Å². The smallest absolute Gasteiger partial charge is 0.132 e. The zero-order valence-electron chi connectivity index (χ0n) is 9.68. The van der Waals surface area contributed by atoms with Crippen LogP contribution in [0, 0.1) is 11.6 Å². The fraction of sp³-hybridized carbons (Fsp3) is 0.500. The van der Waals surface area contributed by atoms with Gasteiger partial charge in [-0.1, -0.05) is 42.1 Å². The minimum absolute atomic E-state index is 0. The lowest BCUT2D eigenvalue weighted by Crippen LogP contribution is -2.14. The topological polar surface area (TPSA) is 26.0 Å². The Balaban J connectivity index is 0.00000256. The second-order valence-electron chi connectivity index (χ2n) is 3.89. The molecule has 0 aliphatic rings. The van der Waals surface area contributed by atoms with E-state index < -0.39 is 17.7 Å². The van der Waals surface area contributed by atoms with Gasteiger partial charge in [-0.05, 0) is 18.6 Å². The SMILES string of the molecule is CCCCC[C@H](N)c1c(F)cc(Br)cc1F.Cl. The highest BCUT2D eigenvalue weighted by molar-refractivity contribution is 9.10. The normalized spacial score (nSPS) is 12.1. The molecule has 0 aliphatic carbocycles. The second-order valence-corrected chi connectivity index (χ2v) is 4.80. The predicted octanol–water partition coefficient (Wildman–Crippen LogP) is 4.73. The van der Waals surface area contributed by atoms with Crippen molar-refractivity contribution in [1.82, 2.24) is 0 Å². The average molecular weight is 329 g/mol. The van der Waals surface area contributed by atoms with Gasteiger partial charge in [0.05, 0.1) is 0 Å². The largest absolute Gasteiger partial charge is 0.324 e. The molecule has 0 amide bonds. The Morgan fingerprint density at radius 1 is 1.24 bits per heavy atom. The van der Waals surface area contributed by atoms with Crippen LogP contribution in [0.3, 0.4) is 0 Å². The standard InChI is InChI=1S/C12H16BrF2N.ClH/c1-2-3-4-5-11(16)12-9(14)6-8(13)7-10(12)15;/h6-7,11H,2-5,16H2,1H3;1H/t11-;/m0./s1. The molecule has 0 saturated heterocycles. The summed E-state index contributed by atoms with van der Waals surface area (Å²) in [7, 11) is 0. The van der Waals surface area contributed by atoms with Crippen molar-refractivity contribution in [3.05, 3.63) is 33.8 Å². The summed E-state index contributed by atoms with van der Waals surface area (Å²) in [6, 6.07) is 1.94. The Morgan fingerprint density at radius 2 is 1.76 bits per heavy atom. The van der Waals surface area contributed by atoms with E-state index in [1.165, 1.54) is 12.1 Å². The van der Waals surface area contributed by atoms with Gasteiger partial charge in [-0.15, -0.1) is 12.4 Å². The van der Waals surface area contributed by atoms with Crippen LogP contribution in [0.4, 0.5) is 8.78 Å². The number of nitrogens with two attached hydrogens (primary N) is 1. The van der Waals surface area contributed by atoms with Crippen molar-refractivity contribution in [2.75, 3.05) is 0 Å². The molecule has 1 atom stereocenters. The molecule has 5 heteroatoms. The third kappa shape index (κ3) is 4.90. The molecule has 0 aromatic heterocycles. The number of rotatable bonds is 5. The van der Waals surface area contributed by atoms with Crippen LogP contribution in [-0.4, -0.2) is 0 Å². The maximum atomic E-state index is 13.5. The fourth-order valence-corrected chi connectivity index (χ4v) is 2.07. The van der Waals surface area contributed by atoms with Gasteiger partial charge in [0.15, 0.2) is 0 Å². The molecule has 0 fully saturated rings. The molecular weight excluding hydrogens is 311 g/mol. The van der Waals surface area contributed by atoms with Crippen LogP contribution < -0.4 is 5.73 Å². The molecule has 1 aromatic rings. The van der Waals surface area contributed by atoms with E-state index in [0.29, 0.717) is 10.9 Å². The van der Waals surface area contributed by atoms with Crippen molar-refractivity contribution in [2.24, 2.45) is 5.73 Å². The molecule has 0 bridgehead atoms. The second kappa shape index (κ2) is 8.01. The molecule has 0 unspecified atom stereocenters. The zero-order valence-corrected chi connectivity index (χ0v) is 12.1. The lowest BCUT2D eigenvalue weighted by Gasteiger charge is -2.14. The van der Waals surface area contributed by atoms with E-state index in [-0.39, 0.29) is 18.0 Å². The lowest BCUT2D eigenvalue weighted by atomic mass is 10.0. The summed E-state index contributed by atoms with van der Waals surface area (Å²) >= 11 is 3.04. The Bertz CT molecular complexity index is 337. The van der Waals surface area contributed by atoms with E-state index in [2.05, 4.69) is 22.9 Å². The van der Waals surface area contributed by atoms with Crippen molar-refractivity contribution in [1.29, 1.82) is 0 Å². The van der Waals surface area contributed by atoms with Crippen molar-refractivity contribution in [3.63, 3.8) is 0 Å². The van der Waals surface area contributed by atoms with Gasteiger partial charge in [-0.25, -0.2) is 8.78 Å². The molecule has 0 radical (unpaired) electrons. The Morgan fingerprint density at radius 3 is 2.24 bits per heavy atom. The Kier molecular flexibility index (Phi) is 7.92. The molecule has 17 heavy (non-hydrogen) atoms. The van der Waals surface area contributed by atoms with Gasteiger partial charge in [0, 0.05) is 16.1 Å². The van der Waals surface area contributed by atoms with Crippen LogP contribution in [-0.2, 0) is 0 Å². The monoisotopic (exact) mass is 327 g/mol. The maximum absolute atomic E-state index is 13.5. The molecule has 1 rings (SSSR count). The van der Waals surface area contributed by atoms with E-state index in [1.54, 1.807) is 0 Å². The molecule has 98 valence electrons. The summed E-state index contributed by atoms with van der Waals surface area (Å²) in [5, 5.41) is 0. The van der Waals surface area contributed by atoms with E-state index in [0.717, 1.165) is 19.3 Å². The van der Waals surface area contributed by atoms with Crippen molar-refractivity contribution in [2.45, 2.75) is 38.6 Å². The molecule has 0 heterocycles. The van der Waals surface area contributed by atoms with Gasteiger partial charge in [-0.3, -0.25) is 0 Å². The van der Waals surface area contributed by atoms with Crippen LogP contribution in [0.1, 0.15) is 44.2 Å². The highest BCUT2D eigenvalue weighted by Gasteiger charge is 2.17. The summed E-state index contributed by atoms with van der Waals surface area (Å²) in [5.74, 6) is -1.15. The van der Waals surface area contributed by atoms with E-state index in [1.807, 2.05) is 0 Å². The Hall–Kier alpha value is -0.190. The molecule has 0 saturated carbocycles. The summed E-state index contributed by atoms with van der Waals surface area (Å²) in [4.78, 5) is 0. The van der Waals surface area contributed by atoms with E-state index in [9.17, 15) is 8.78 Å². The summed E-state index contributed by atoms with van der Waals surface area (Å²) < 4.78 is 27.4. The van der Waals surface area contributed by atoms with Crippen LogP contribution >= 0.6 is 28.3 Å². The van der Waals surface area contributed by atoms with Crippen LogP contribution in [0.5, 0.6) is 0 Å². The van der Waals surface area contributed by atoms with Crippen molar-refractivity contribution >= 4 is 28.3 Å². The maximum Gasteiger partial charge on any atom is 0.132 e. The third-order valence-electron chi connectivity index (χ3n) is 2.53. The number of halogens is 4. The summed E-state index contributed by atoms with van der Waals surface area (Å²) in [5.41, 5.74) is 5.79. The van der Waals surface area contributed by atoms with Crippen LogP contribution in [0.2, 0.25) is 0 Å². The molecule has 0 aliphatic heterocycles. The predicted molar refractivity (Wildman–Crippen MR) is 72.4 cm³/mol. The minimum atomic E-state index is -0.573. The van der Waals surface area contributed by atoms with Gasteiger partial charge in [0.25, 0.3) is 0 Å². The van der Waals surface area contributed by atoms with Gasteiger partial charge in [0.1, 0.15) is 11.6 Å². The summed E-state index contributed by atoms with van der Waals surface area (Å²) in [6.07, 6.45) is 3.61. The van der Waals surface area contributed by atoms with Crippen molar-refractivity contribution < 1.29 is 8.78 Å². The average Bonchev–Trinajstić information content (AvgIpc) is 2.16. The van der Waals surface area contributed by atoms with Gasteiger partial charge in [0.2, 0.25) is 0 Å². The number of hydrogen-bond acceptors (Lipinski definition) is 1. The number of unbranched alkanes of at least 4 members (excludes halogenated alkanes) is 2. The zero-order chi connectivity index (χ0) is 12.1. The number of hydrogen-bond donors (Lipinski definition) is 1. The first-order valence-electron chi connectivity index (χ1n) is 5.46. The first kappa shape index (κ1) is 16.8. The Labute approximate surface area is 115 Å². The minimum Gasteiger partial charge on any atom is -0.324 e. The molecule has 1 nitrogen and oxygen atoms in total. The highest BCUT2D eigenvalue weighted by Crippen LogP contribution is 2.26. The quantitative estimate of drug-likeness (QED) is 0.777. The molecule has 0 spiro atoms.